The first kappa shape index (κ1) is 14.0. The SMILES string of the molecule is N#Cc1c(N)nc2c(C#N)c(=N)n(-c3ccccc3)nc2c1N. The summed E-state index contributed by atoms with van der Waals surface area (Å²) in [4.78, 5) is 4.03. The van der Waals surface area contributed by atoms with Gasteiger partial charge in [-0.05, 0) is 12.1 Å². The number of nitrogens with zero attached hydrogens (tertiary/aromatic N) is 5. The molecule has 2 heterocycles. The monoisotopic (exact) mass is 302 g/mol. The second kappa shape index (κ2) is 5.13. The molecule has 8 nitrogen and oxygen atoms in total. The van der Waals surface area contributed by atoms with Gasteiger partial charge in [0.2, 0.25) is 0 Å². The van der Waals surface area contributed by atoms with Gasteiger partial charge in [-0.15, -0.1) is 0 Å². The van der Waals surface area contributed by atoms with Crippen molar-refractivity contribution in [2.75, 3.05) is 11.5 Å². The third-order valence-corrected chi connectivity index (χ3v) is 3.35. The van der Waals surface area contributed by atoms with Gasteiger partial charge < -0.3 is 11.5 Å². The van der Waals surface area contributed by atoms with Crippen LogP contribution in [0.4, 0.5) is 11.5 Å². The summed E-state index contributed by atoms with van der Waals surface area (Å²) in [6, 6.07) is 12.7. The highest BCUT2D eigenvalue weighted by Gasteiger charge is 2.18. The maximum absolute atomic E-state index is 9.40. The highest BCUT2D eigenvalue weighted by atomic mass is 15.3. The molecule has 8 heteroatoms. The van der Waals surface area contributed by atoms with E-state index in [2.05, 4.69) is 10.1 Å². The van der Waals surface area contributed by atoms with Crippen LogP contribution in [0.2, 0.25) is 0 Å². The van der Waals surface area contributed by atoms with Gasteiger partial charge in [0.15, 0.2) is 5.49 Å². The molecule has 0 aliphatic carbocycles. The van der Waals surface area contributed by atoms with Crippen molar-refractivity contribution in [3.05, 3.63) is 46.9 Å². The lowest BCUT2D eigenvalue weighted by Crippen LogP contribution is -2.25. The van der Waals surface area contributed by atoms with Crippen LogP contribution in [-0.2, 0) is 0 Å². The fourth-order valence-corrected chi connectivity index (χ4v) is 2.24. The Bertz CT molecular complexity index is 1070. The van der Waals surface area contributed by atoms with Gasteiger partial charge in [0.25, 0.3) is 0 Å². The van der Waals surface area contributed by atoms with Crippen LogP contribution in [0.15, 0.2) is 30.3 Å². The van der Waals surface area contributed by atoms with E-state index in [1.54, 1.807) is 24.3 Å². The first-order valence-electron chi connectivity index (χ1n) is 6.50. The molecular formula is C15H10N8. The molecule has 5 N–H and O–H groups in total. The number of nitrogens with one attached hydrogen (secondary N) is 1. The first-order valence-corrected chi connectivity index (χ1v) is 6.50. The lowest BCUT2D eigenvalue weighted by molar-refractivity contribution is 0.790. The maximum atomic E-state index is 9.40. The van der Waals surface area contributed by atoms with Crippen LogP contribution in [0.1, 0.15) is 11.1 Å². The van der Waals surface area contributed by atoms with Crippen molar-refractivity contribution in [3.63, 3.8) is 0 Å². The second-order valence-corrected chi connectivity index (χ2v) is 4.68. The lowest BCUT2D eigenvalue weighted by Gasteiger charge is -2.11. The Hall–Kier alpha value is -3.91. The molecule has 2 aromatic heterocycles. The summed E-state index contributed by atoms with van der Waals surface area (Å²) in [5.74, 6) is -0.0901. The van der Waals surface area contributed by atoms with Gasteiger partial charge in [-0.25, -0.2) is 9.67 Å². The largest absolute Gasteiger partial charge is 0.396 e. The summed E-state index contributed by atoms with van der Waals surface area (Å²) in [6.45, 7) is 0. The van der Waals surface area contributed by atoms with Crippen molar-refractivity contribution in [1.29, 1.82) is 15.9 Å². The van der Waals surface area contributed by atoms with Crippen molar-refractivity contribution in [2.24, 2.45) is 0 Å². The van der Waals surface area contributed by atoms with E-state index in [4.69, 9.17) is 22.1 Å². The van der Waals surface area contributed by atoms with Crippen molar-refractivity contribution >= 4 is 22.5 Å². The van der Waals surface area contributed by atoms with Crippen LogP contribution < -0.4 is 17.0 Å². The zero-order valence-corrected chi connectivity index (χ0v) is 11.8. The fraction of sp³-hybridized carbons (Fsp3) is 0. The van der Waals surface area contributed by atoms with E-state index < -0.39 is 0 Å². The van der Waals surface area contributed by atoms with E-state index in [0.717, 1.165) is 0 Å². The molecule has 23 heavy (non-hydrogen) atoms. The number of aromatic nitrogens is 3. The molecule has 1 aromatic carbocycles. The van der Waals surface area contributed by atoms with E-state index in [1.807, 2.05) is 18.2 Å². The van der Waals surface area contributed by atoms with Gasteiger partial charge >= 0.3 is 0 Å². The van der Waals surface area contributed by atoms with Crippen LogP contribution in [-0.4, -0.2) is 14.8 Å². The predicted molar refractivity (Wildman–Crippen MR) is 83.0 cm³/mol. The molecule has 0 atom stereocenters. The molecular weight excluding hydrogens is 292 g/mol. The fourth-order valence-electron chi connectivity index (χ4n) is 2.24. The van der Waals surface area contributed by atoms with E-state index in [0.29, 0.717) is 5.69 Å². The summed E-state index contributed by atoms with van der Waals surface area (Å²) < 4.78 is 1.27. The Kier molecular flexibility index (Phi) is 3.13. The Labute approximate surface area is 130 Å². The summed E-state index contributed by atoms with van der Waals surface area (Å²) in [6.07, 6.45) is 0. The number of anilines is 2. The van der Waals surface area contributed by atoms with Crippen LogP contribution in [0.5, 0.6) is 0 Å². The molecule has 0 spiro atoms. The minimum atomic E-state index is -0.137. The summed E-state index contributed by atoms with van der Waals surface area (Å²) in [7, 11) is 0. The van der Waals surface area contributed by atoms with Crippen LogP contribution in [0.3, 0.4) is 0 Å². The molecule has 0 fully saturated rings. The number of benzene rings is 1. The summed E-state index contributed by atoms with van der Waals surface area (Å²) >= 11 is 0. The molecule has 0 aliphatic heterocycles. The highest BCUT2D eigenvalue weighted by molar-refractivity contribution is 5.94. The van der Waals surface area contributed by atoms with Gasteiger partial charge in [0, 0.05) is 0 Å². The quantitative estimate of drug-likeness (QED) is 0.604. The standard InChI is InChI=1S/C15H10N8/c16-6-9-11(18)13-12(21-14(9)19)10(7-17)15(20)23(22-13)8-4-2-1-3-5-8/h1-5,20H,18H2,(H2,19,21). The Balaban J connectivity index is 2.52. The average molecular weight is 302 g/mol. The topological polar surface area (TPSA) is 154 Å². The Morgan fingerprint density at radius 3 is 2.26 bits per heavy atom. The van der Waals surface area contributed by atoms with E-state index in [1.165, 1.54) is 4.68 Å². The smallest absolute Gasteiger partial charge is 0.166 e. The summed E-state index contributed by atoms with van der Waals surface area (Å²) in [5, 5.41) is 31.0. The lowest BCUT2D eigenvalue weighted by atomic mass is 10.1. The van der Waals surface area contributed by atoms with Gasteiger partial charge in [-0.2, -0.15) is 15.6 Å². The van der Waals surface area contributed by atoms with E-state index >= 15 is 0 Å². The normalized spacial score (nSPS) is 10.2. The zero-order chi connectivity index (χ0) is 16.6. The number of nitrogens with two attached hydrogens (primary N) is 2. The molecule has 0 saturated heterocycles. The van der Waals surface area contributed by atoms with E-state index in [9.17, 15) is 5.26 Å². The number of para-hydroxylation sites is 1. The van der Waals surface area contributed by atoms with Crippen molar-refractivity contribution in [3.8, 4) is 17.8 Å². The Morgan fingerprint density at radius 2 is 1.65 bits per heavy atom. The van der Waals surface area contributed by atoms with Gasteiger partial charge in [0.05, 0.1) is 11.4 Å². The van der Waals surface area contributed by atoms with Gasteiger partial charge in [-0.1, -0.05) is 18.2 Å². The minimum absolute atomic E-state index is 0.00577. The predicted octanol–water partition coefficient (Wildman–Crippen LogP) is 0.808. The minimum Gasteiger partial charge on any atom is -0.396 e. The number of hydrogen-bond donors (Lipinski definition) is 3. The number of pyridine rings is 1. The molecule has 0 bridgehead atoms. The van der Waals surface area contributed by atoms with Crippen molar-refractivity contribution in [2.45, 2.75) is 0 Å². The van der Waals surface area contributed by atoms with Crippen LogP contribution in [0.25, 0.3) is 16.7 Å². The van der Waals surface area contributed by atoms with Crippen LogP contribution in [0, 0.1) is 28.1 Å². The molecule has 3 aromatic rings. The average Bonchev–Trinajstić information content (AvgIpc) is 2.56. The third-order valence-electron chi connectivity index (χ3n) is 3.35. The van der Waals surface area contributed by atoms with Crippen molar-refractivity contribution in [1.82, 2.24) is 14.8 Å². The molecule has 110 valence electrons. The summed E-state index contributed by atoms with van der Waals surface area (Å²) in [5.41, 5.74) is 12.4. The molecule has 0 aliphatic rings. The maximum Gasteiger partial charge on any atom is 0.166 e. The molecule has 0 unspecified atom stereocenters. The molecule has 0 amide bonds. The molecule has 0 radical (unpaired) electrons. The van der Waals surface area contributed by atoms with Gasteiger partial charge in [0.1, 0.15) is 40.1 Å². The van der Waals surface area contributed by atoms with Crippen LogP contribution >= 0.6 is 0 Å². The highest BCUT2D eigenvalue weighted by Crippen LogP contribution is 2.26. The number of hydrogen-bond acceptors (Lipinski definition) is 7. The second-order valence-electron chi connectivity index (χ2n) is 4.68. The third kappa shape index (κ3) is 2.03. The number of rotatable bonds is 1. The molecule has 0 saturated carbocycles. The Morgan fingerprint density at radius 1 is 1.00 bits per heavy atom. The van der Waals surface area contributed by atoms with Crippen molar-refractivity contribution < 1.29 is 0 Å². The van der Waals surface area contributed by atoms with E-state index in [-0.39, 0.29) is 39.2 Å². The zero-order valence-electron chi connectivity index (χ0n) is 11.8. The number of fused-ring (bicyclic) bond motifs is 1. The van der Waals surface area contributed by atoms with Gasteiger partial charge in [-0.3, -0.25) is 5.41 Å². The molecule has 3 rings (SSSR count). The number of nitriles is 2. The first-order chi connectivity index (χ1) is 11.1. The number of nitrogen functional groups attached to an aromatic ring is 2.